The zero-order valence-electron chi connectivity index (χ0n) is 11.8. The Labute approximate surface area is 111 Å². The molecular formula is C15H25N3. The number of nitrogens with zero attached hydrogens (tertiary/aromatic N) is 2. The van der Waals surface area contributed by atoms with E-state index in [-0.39, 0.29) is 0 Å². The van der Waals surface area contributed by atoms with Crippen molar-refractivity contribution in [2.45, 2.75) is 58.3 Å². The third kappa shape index (κ3) is 4.07. The lowest BCUT2D eigenvalue weighted by Gasteiger charge is -2.23. The normalized spacial score (nSPS) is 17.1. The highest BCUT2D eigenvalue weighted by molar-refractivity contribution is 5.11. The smallest absolute Gasteiger partial charge is 0.0547 e. The highest BCUT2D eigenvalue weighted by Crippen LogP contribution is 2.19. The quantitative estimate of drug-likeness (QED) is 0.802. The van der Waals surface area contributed by atoms with Crippen molar-refractivity contribution in [3.8, 4) is 0 Å². The van der Waals surface area contributed by atoms with Crippen molar-refractivity contribution < 1.29 is 0 Å². The Morgan fingerprint density at radius 1 is 1.39 bits per heavy atom. The summed E-state index contributed by atoms with van der Waals surface area (Å²) in [5, 5.41) is 3.51. The lowest BCUT2D eigenvalue weighted by molar-refractivity contribution is 0.241. The Morgan fingerprint density at radius 2 is 2.11 bits per heavy atom. The van der Waals surface area contributed by atoms with Gasteiger partial charge in [-0.3, -0.25) is 9.88 Å². The molecule has 1 saturated carbocycles. The van der Waals surface area contributed by atoms with Gasteiger partial charge in [-0.15, -0.1) is 0 Å². The Morgan fingerprint density at radius 3 is 2.78 bits per heavy atom. The summed E-state index contributed by atoms with van der Waals surface area (Å²) in [6.45, 7) is 6.33. The molecule has 3 heteroatoms. The van der Waals surface area contributed by atoms with Crippen LogP contribution in [-0.2, 0) is 13.1 Å². The molecule has 2 rings (SSSR count). The van der Waals surface area contributed by atoms with Gasteiger partial charge < -0.3 is 5.32 Å². The lowest BCUT2D eigenvalue weighted by atomic mass is 10.2. The summed E-state index contributed by atoms with van der Waals surface area (Å²) in [5.74, 6) is 0. The van der Waals surface area contributed by atoms with Gasteiger partial charge in [-0.2, -0.15) is 0 Å². The molecular weight excluding hydrogens is 222 g/mol. The first-order valence-corrected chi connectivity index (χ1v) is 7.07. The van der Waals surface area contributed by atoms with Gasteiger partial charge in [0.2, 0.25) is 0 Å². The maximum absolute atomic E-state index is 4.72. The van der Waals surface area contributed by atoms with E-state index in [4.69, 9.17) is 4.98 Å². The zero-order chi connectivity index (χ0) is 13.0. The van der Waals surface area contributed by atoms with Crippen LogP contribution in [0.1, 0.15) is 44.5 Å². The largest absolute Gasteiger partial charge is 0.308 e. The second-order valence-corrected chi connectivity index (χ2v) is 5.45. The van der Waals surface area contributed by atoms with Gasteiger partial charge in [-0.1, -0.05) is 13.0 Å². The van der Waals surface area contributed by atoms with Crippen LogP contribution < -0.4 is 5.32 Å². The summed E-state index contributed by atoms with van der Waals surface area (Å²) in [6, 6.07) is 7.72. The Bertz CT molecular complexity index is 374. The summed E-state index contributed by atoms with van der Waals surface area (Å²) in [5.41, 5.74) is 2.34. The second-order valence-electron chi connectivity index (χ2n) is 5.45. The van der Waals surface area contributed by atoms with Crippen molar-refractivity contribution in [1.29, 1.82) is 0 Å². The minimum Gasteiger partial charge on any atom is -0.308 e. The maximum atomic E-state index is 4.72. The van der Waals surface area contributed by atoms with E-state index in [1.54, 1.807) is 0 Å². The van der Waals surface area contributed by atoms with Gasteiger partial charge in [0.25, 0.3) is 0 Å². The fourth-order valence-electron chi connectivity index (χ4n) is 1.98. The summed E-state index contributed by atoms with van der Waals surface area (Å²) in [4.78, 5) is 7.09. The standard InChI is InChI=1S/C15H25N3/c1-4-12(2)18(3)11-15-7-5-6-14(17-15)10-16-13-8-9-13/h5-7,12-13,16H,4,8-11H2,1-3H3. The van der Waals surface area contributed by atoms with Crippen LogP contribution in [-0.4, -0.2) is 29.0 Å². The zero-order valence-corrected chi connectivity index (χ0v) is 11.8. The molecule has 0 aliphatic heterocycles. The van der Waals surface area contributed by atoms with Crippen LogP contribution in [0.25, 0.3) is 0 Å². The molecule has 18 heavy (non-hydrogen) atoms. The number of pyridine rings is 1. The first kappa shape index (κ1) is 13.5. The van der Waals surface area contributed by atoms with Crippen LogP contribution in [0.2, 0.25) is 0 Å². The molecule has 1 atom stereocenters. The van der Waals surface area contributed by atoms with E-state index in [2.05, 4.69) is 49.3 Å². The predicted molar refractivity (Wildman–Crippen MR) is 75.3 cm³/mol. The van der Waals surface area contributed by atoms with E-state index in [1.165, 1.54) is 25.0 Å². The first-order valence-electron chi connectivity index (χ1n) is 7.07. The van der Waals surface area contributed by atoms with Crippen LogP contribution >= 0.6 is 0 Å². The number of nitrogens with one attached hydrogen (secondary N) is 1. The molecule has 0 saturated heterocycles. The summed E-state index contributed by atoms with van der Waals surface area (Å²) >= 11 is 0. The van der Waals surface area contributed by atoms with Gasteiger partial charge in [0.05, 0.1) is 11.4 Å². The van der Waals surface area contributed by atoms with Crippen LogP contribution in [0, 0.1) is 0 Å². The molecule has 0 radical (unpaired) electrons. The van der Waals surface area contributed by atoms with Gasteiger partial charge in [0, 0.05) is 25.2 Å². The molecule has 1 N–H and O–H groups in total. The van der Waals surface area contributed by atoms with Gasteiger partial charge in [0.15, 0.2) is 0 Å². The van der Waals surface area contributed by atoms with Crippen LogP contribution in [0.4, 0.5) is 0 Å². The van der Waals surface area contributed by atoms with E-state index in [9.17, 15) is 0 Å². The monoisotopic (exact) mass is 247 g/mol. The summed E-state index contributed by atoms with van der Waals surface area (Å²) in [6.07, 6.45) is 3.84. The molecule has 3 nitrogen and oxygen atoms in total. The number of hydrogen-bond donors (Lipinski definition) is 1. The highest BCUT2D eigenvalue weighted by Gasteiger charge is 2.20. The first-order chi connectivity index (χ1) is 8.69. The van der Waals surface area contributed by atoms with Gasteiger partial charge in [0.1, 0.15) is 0 Å². The van der Waals surface area contributed by atoms with E-state index in [0.29, 0.717) is 6.04 Å². The molecule has 0 bridgehead atoms. The molecule has 1 aliphatic rings. The van der Waals surface area contributed by atoms with Crippen LogP contribution in [0.3, 0.4) is 0 Å². The van der Waals surface area contributed by atoms with E-state index in [0.717, 1.165) is 24.8 Å². The van der Waals surface area contributed by atoms with Crippen LogP contribution in [0.5, 0.6) is 0 Å². The molecule has 1 unspecified atom stereocenters. The Hall–Kier alpha value is -0.930. The van der Waals surface area contributed by atoms with Crippen molar-refractivity contribution in [3.05, 3.63) is 29.6 Å². The third-order valence-corrected chi connectivity index (χ3v) is 3.77. The van der Waals surface area contributed by atoms with Crippen molar-refractivity contribution in [2.75, 3.05) is 7.05 Å². The molecule has 0 amide bonds. The molecule has 1 heterocycles. The molecule has 1 aliphatic carbocycles. The van der Waals surface area contributed by atoms with Crippen molar-refractivity contribution in [2.24, 2.45) is 0 Å². The molecule has 1 aromatic heterocycles. The Kier molecular flexibility index (Phi) is 4.72. The minimum absolute atomic E-state index is 0.611. The van der Waals surface area contributed by atoms with Gasteiger partial charge in [-0.05, 0) is 45.4 Å². The Balaban J connectivity index is 1.89. The minimum atomic E-state index is 0.611. The SMILES string of the molecule is CCC(C)N(C)Cc1cccc(CNC2CC2)n1. The van der Waals surface area contributed by atoms with Gasteiger partial charge in [-0.25, -0.2) is 0 Å². The van der Waals surface area contributed by atoms with Crippen LogP contribution in [0.15, 0.2) is 18.2 Å². The van der Waals surface area contributed by atoms with Crippen molar-refractivity contribution >= 4 is 0 Å². The molecule has 0 spiro atoms. The molecule has 1 fully saturated rings. The maximum Gasteiger partial charge on any atom is 0.0547 e. The number of rotatable bonds is 7. The molecule has 1 aromatic rings. The van der Waals surface area contributed by atoms with Crippen molar-refractivity contribution in [1.82, 2.24) is 15.2 Å². The lowest BCUT2D eigenvalue weighted by Crippen LogP contribution is -2.28. The van der Waals surface area contributed by atoms with Gasteiger partial charge >= 0.3 is 0 Å². The fourth-order valence-corrected chi connectivity index (χ4v) is 1.98. The topological polar surface area (TPSA) is 28.2 Å². The van der Waals surface area contributed by atoms with Crippen molar-refractivity contribution in [3.63, 3.8) is 0 Å². The van der Waals surface area contributed by atoms with E-state index < -0.39 is 0 Å². The number of hydrogen-bond acceptors (Lipinski definition) is 3. The predicted octanol–water partition coefficient (Wildman–Crippen LogP) is 2.56. The average molecular weight is 247 g/mol. The fraction of sp³-hybridized carbons (Fsp3) is 0.667. The molecule has 100 valence electrons. The average Bonchev–Trinajstić information content (AvgIpc) is 3.20. The summed E-state index contributed by atoms with van der Waals surface area (Å²) < 4.78 is 0. The summed E-state index contributed by atoms with van der Waals surface area (Å²) in [7, 11) is 2.17. The third-order valence-electron chi connectivity index (χ3n) is 3.77. The number of aromatic nitrogens is 1. The van der Waals surface area contributed by atoms with E-state index in [1.807, 2.05) is 0 Å². The van der Waals surface area contributed by atoms with E-state index >= 15 is 0 Å². The highest BCUT2D eigenvalue weighted by atomic mass is 15.1. The molecule has 0 aromatic carbocycles. The second kappa shape index (κ2) is 6.30.